The van der Waals surface area contributed by atoms with Crippen LogP contribution in [0.5, 0.6) is 5.75 Å². The molecule has 0 aliphatic carbocycles. The van der Waals surface area contributed by atoms with Gasteiger partial charge in [0.05, 0.1) is 22.0 Å². The Labute approximate surface area is 202 Å². The fourth-order valence-corrected chi connectivity index (χ4v) is 5.50. The van der Waals surface area contributed by atoms with E-state index in [9.17, 15) is 13.2 Å². The summed E-state index contributed by atoms with van der Waals surface area (Å²) < 4.78 is 33.3. The van der Waals surface area contributed by atoms with Crippen LogP contribution in [0.1, 0.15) is 62.4 Å². The van der Waals surface area contributed by atoms with E-state index in [1.165, 1.54) is 28.1 Å². The maximum atomic E-state index is 13.1. The molecule has 1 aliphatic heterocycles. The van der Waals surface area contributed by atoms with Gasteiger partial charge in [-0.2, -0.15) is 4.31 Å². The van der Waals surface area contributed by atoms with E-state index in [2.05, 4.69) is 26.1 Å². The first-order chi connectivity index (χ1) is 15.6. The van der Waals surface area contributed by atoms with Crippen LogP contribution in [-0.2, 0) is 15.4 Å². The fourth-order valence-electron chi connectivity index (χ4n) is 3.75. The van der Waals surface area contributed by atoms with Gasteiger partial charge >= 0.3 is 0 Å². The SMILES string of the molecule is CC(C)(C)c1ccc(OCCNC(=O)c2cc(S(=O)(=O)N3CCCCCC3)ccc2Cl)cc1. The zero-order chi connectivity index (χ0) is 24.1. The molecule has 1 fully saturated rings. The summed E-state index contributed by atoms with van der Waals surface area (Å²) >= 11 is 6.21. The molecule has 0 spiro atoms. The summed E-state index contributed by atoms with van der Waals surface area (Å²) in [5.41, 5.74) is 1.43. The Morgan fingerprint density at radius 2 is 1.67 bits per heavy atom. The van der Waals surface area contributed by atoms with Crippen molar-refractivity contribution in [3.05, 3.63) is 58.6 Å². The quantitative estimate of drug-likeness (QED) is 0.551. The molecule has 8 heteroatoms. The molecule has 0 radical (unpaired) electrons. The Bertz CT molecular complexity index is 1050. The molecule has 33 heavy (non-hydrogen) atoms. The number of carbonyl (C=O) groups is 1. The van der Waals surface area contributed by atoms with Gasteiger partial charge in [-0.3, -0.25) is 4.79 Å². The molecule has 0 aromatic heterocycles. The summed E-state index contributed by atoms with van der Waals surface area (Å²) in [5.74, 6) is 0.292. The summed E-state index contributed by atoms with van der Waals surface area (Å²) in [6, 6.07) is 12.2. The van der Waals surface area contributed by atoms with Crippen molar-refractivity contribution in [1.82, 2.24) is 9.62 Å². The first-order valence-corrected chi connectivity index (χ1v) is 13.2. The Morgan fingerprint density at radius 3 is 2.27 bits per heavy atom. The highest BCUT2D eigenvalue weighted by atomic mass is 35.5. The van der Waals surface area contributed by atoms with Gasteiger partial charge in [-0.05, 0) is 54.2 Å². The van der Waals surface area contributed by atoms with Crippen LogP contribution in [0.2, 0.25) is 5.02 Å². The lowest BCUT2D eigenvalue weighted by Crippen LogP contribution is -2.32. The molecule has 1 amide bonds. The van der Waals surface area contributed by atoms with E-state index in [-0.39, 0.29) is 34.0 Å². The molecule has 2 aromatic carbocycles. The zero-order valence-corrected chi connectivity index (χ0v) is 21.1. The van der Waals surface area contributed by atoms with Crippen LogP contribution in [0.15, 0.2) is 47.4 Å². The van der Waals surface area contributed by atoms with Gasteiger partial charge in [0, 0.05) is 13.1 Å². The number of nitrogens with one attached hydrogen (secondary N) is 1. The standard InChI is InChI=1S/C25H33ClN2O4S/c1-25(2,3)19-8-10-20(11-9-19)32-17-14-27-24(29)22-18-21(12-13-23(22)26)33(30,31)28-15-6-4-5-7-16-28/h8-13,18H,4-7,14-17H2,1-3H3,(H,27,29). The van der Waals surface area contributed by atoms with Crippen molar-refractivity contribution in [3.8, 4) is 5.75 Å². The Balaban J connectivity index is 1.59. The molecular weight excluding hydrogens is 460 g/mol. The molecule has 2 aromatic rings. The predicted molar refractivity (Wildman–Crippen MR) is 132 cm³/mol. The van der Waals surface area contributed by atoms with Gasteiger partial charge < -0.3 is 10.1 Å². The molecule has 1 N–H and O–H groups in total. The van der Waals surface area contributed by atoms with Crippen molar-refractivity contribution < 1.29 is 17.9 Å². The molecule has 1 aliphatic rings. The summed E-state index contributed by atoms with van der Waals surface area (Å²) in [7, 11) is -3.66. The number of carbonyl (C=O) groups excluding carboxylic acids is 1. The van der Waals surface area contributed by atoms with E-state index >= 15 is 0 Å². The summed E-state index contributed by atoms with van der Waals surface area (Å²) in [6.45, 7) is 8.00. The average Bonchev–Trinajstić information content (AvgIpc) is 3.07. The topological polar surface area (TPSA) is 75.7 Å². The van der Waals surface area contributed by atoms with Crippen LogP contribution >= 0.6 is 11.6 Å². The normalized spacial score (nSPS) is 15.6. The number of halogens is 1. The van der Waals surface area contributed by atoms with Gasteiger partial charge in [0.15, 0.2) is 0 Å². The van der Waals surface area contributed by atoms with Crippen molar-refractivity contribution in [2.24, 2.45) is 0 Å². The van der Waals surface area contributed by atoms with E-state index in [0.29, 0.717) is 13.1 Å². The molecule has 1 saturated heterocycles. The maximum absolute atomic E-state index is 13.1. The minimum atomic E-state index is -3.66. The Kier molecular flexibility index (Phi) is 8.43. The minimum absolute atomic E-state index is 0.0704. The maximum Gasteiger partial charge on any atom is 0.252 e. The van der Waals surface area contributed by atoms with Crippen molar-refractivity contribution in [2.75, 3.05) is 26.2 Å². The lowest BCUT2D eigenvalue weighted by molar-refractivity contribution is 0.0947. The highest BCUT2D eigenvalue weighted by molar-refractivity contribution is 7.89. The van der Waals surface area contributed by atoms with Crippen LogP contribution in [0.3, 0.4) is 0 Å². The number of rotatable bonds is 7. The van der Waals surface area contributed by atoms with Crippen molar-refractivity contribution in [3.63, 3.8) is 0 Å². The number of amides is 1. The number of hydrogen-bond acceptors (Lipinski definition) is 4. The van der Waals surface area contributed by atoms with Gasteiger partial charge in [0.2, 0.25) is 10.0 Å². The third kappa shape index (κ3) is 6.71. The summed E-state index contributed by atoms with van der Waals surface area (Å²) in [6.07, 6.45) is 3.75. The van der Waals surface area contributed by atoms with Crippen molar-refractivity contribution in [1.29, 1.82) is 0 Å². The van der Waals surface area contributed by atoms with E-state index < -0.39 is 15.9 Å². The van der Waals surface area contributed by atoms with Crippen LogP contribution in [0, 0.1) is 0 Å². The molecule has 0 saturated carbocycles. The van der Waals surface area contributed by atoms with Gasteiger partial charge in [-0.1, -0.05) is 57.3 Å². The van der Waals surface area contributed by atoms with Crippen LogP contribution in [0.25, 0.3) is 0 Å². The van der Waals surface area contributed by atoms with E-state index in [1.54, 1.807) is 0 Å². The average molecular weight is 493 g/mol. The van der Waals surface area contributed by atoms with Gasteiger partial charge in [-0.25, -0.2) is 8.42 Å². The van der Waals surface area contributed by atoms with E-state index in [1.807, 2.05) is 24.3 Å². The Hall–Kier alpha value is -2.09. The predicted octanol–water partition coefficient (Wildman–Crippen LogP) is 5.01. The largest absolute Gasteiger partial charge is 0.492 e. The Morgan fingerprint density at radius 1 is 1.03 bits per heavy atom. The zero-order valence-electron chi connectivity index (χ0n) is 19.6. The van der Waals surface area contributed by atoms with E-state index in [0.717, 1.165) is 31.4 Å². The number of ether oxygens (including phenoxy) is 1. The molecule has 0 bridgehead atoms. The smallest absolute Gasteiger partial charge is 0.252 e. The first-order valence-electron chi connectivity index (χ1n) is 11.4. The second kappa shape index (κ2) is 10.9. The fraction of sp³-hybridized carbons (Fsp3) is 0.480. The molecule has 6 nitrogen and oxygen atoms in total. The van der Waals surface area contributed by atoms with Gasteiger partial charge in [0.1, 0.15) is 12.4 Å². The van der Waals surface area contributed by atoms with Crippen molar-refractivity contribution >= 4 is 27.5 Å². The molecule has 3 rings (SSSR count). The number of sulfonamides is 1. The lowest BCUT2D eigenvalue weighted by atomic mass is 9.87. The highest BCUT2D eigenvalue weighted by Gasteiger charge is 2.26. The molecule has 1 heterocycles. The third-order valence-electron chi connectivity index (χ3n) is 5.76. The number of benzene rings is 2. The number of nitrogens with zero attached hydrogens (tertiary/aromatic N) is 1. The monoisotopic (exact) mass is 492 g/mol. The second-order valence-corrected chi connectivity index (χ2v) is 11.7. The number of hydrogen-bond donors (Lipinski definition) is 1. The highest BCUT2D eigenvalue weighted by Crippen LogP contribution is 2.26. The van der Waals surface area contributed by atoms with Crippen LogP contribution in [0.4, 0.5) is 0 Å². The minimum Gasteiger partial charge on any atom is -0.492 e. The third-order valence-corrected chi connectivity index (χ3v) is 7.99. The lowest BCUT2D eigenvalue weighted by Gasteiger charge is -2.20. The molecule has 0 unspecified atom stereocenters. The van der Waals surface area contributed by atoms with Crippen molar-refractivity contribution in [2.45, 2.75) is 56.8 Å². The second-order valence-electron chi connectivity index (χ2n) is 9.34. The van der Waals surface area contributed by atoms with E-state index in [4.69, 9.17) is 16.3 Å². The first kappa shape index (κ1) is 25.5. The molecular formula is C25H33ClN2O4S. The van der Waals surface area contributed by atoms with Gasteiger partial charge in [-0.15, -0.1) is 0 Å². The summed E-state index contributed by atoms with van der Waals surface area (Å²) in [4.78, 5) is 12.8. The van der Waals surface area contributed by atoms with Crippen LogP contribution in [-0.4, -0.2) is 44.9 Å². The molecule has 0 atom stereocenters. The molecule has 180 valence electrons. The van der Waals surface area contributed by atoms with Gasteiger partial charge in [0.25, 0.3) is 5.91 Å². The van der Waals surface area contributed by atoms with Crippen LogP contribution < -0.4 is 10.1 Å². The summed E-state index contributed by atoms with van der Waals surface area (Å²) in [5, 5.41) is 2.97.